The van der Waals surface area contributed by atoms with Crippen LogP contribution in [0.4, 0.5) is 0 Å². The van der Waals surface area contributed by atoms with Crippen LogP contribution in [0.15, 0.2) is 30.3 Å². The number of carbonyl (C=O) groups is 5. The van der Waals surface area contributed by atoms with Crippen LogP contribution in [0.2, 0.25) is 0 Å². The molecule has 0 aromatic heterocycles. The van der Waals surface area contributed by atoms with E-state index in [1.165, 1.54) is 0 Å². The zero-order chi connectivity index (χ0) is 30.9. The number of benzene rings is 1. The van der Waals surface area contributed by atoms with Crippen molar-refractivity contribution >= 4 is 30.1 Å². The molecule has 1 rings (SSSR count). The molecule has 18 heteroatoms. The van der Waals surface area contributed by atoms with Gasteiger partial charge in [0.25, 0.3) is 5.91 Å². The van der Waals surface area contributed by atoms with Crippen LogP contribution < -0.4 is 5.32 Å². The Morgan fingerprint density at radius 3 is 1.51 bits per heavy atom. The molecule has 0 radical (unpaired) electrons. The average molecular weight is 569 g/mol. The van der Waals surface area contributed by atoms with Gasteiger partial charge in [-0.1, -0.05) is 18.2 Å². The molecule has 1 aromatic rings. The lowest BCUT2D eigenvalue weighted by atomic mass is 10.0. The van der Waals surface area contributed by atoms with E-state index in [0.29, 0.717) is 5.56 Å². The molecular weight excluding hydrogens is 538 g/mol. The second-order valence-corrected chi connectivity index (χ2v) is 7.35. The number of rotatable bonds is 13. The van der Waals surface area contributed by atoms with Gasteiger partial charge < -0.3 is 71.4 Å². The molecule has 0 heterocycles. The summed E-state index contributed by atoms with van der Waals surface area (Å²) < 4.78 is 0. The first-order valence-electron chi connectivity index (χ1n) is 10.5. The van der Waals surface area contributed by atoms with Crippen LogP contribution in [-0.2, 0) is 19.2 Å². The third-order valence-electron chi connectivity index (χ3n) is 4.36. The molecule has 0 aliphatic rings. The van der Waals surface area contributed by atoms with E-state index in [1.807, 2.05) is 0 Å². The van der Waals surface area contributed by atoms with Crippen molar-refractivity contribution < 1.29 is 85.3 Å². The van der Waals surface area contributed by atoms with Gasteiger partial charge in [0.15, 0.2) is 18.5 Å². The van der Waals surface area contributed by atoms with Crippen molar-refractivity contribution in [3.8, 4) is 0 Å². The van der Waals surface area contributed by atoms with Crippen LogP contribution >= 0.6 is 0 Å². The highest BCUT2D eigenvalue weighted by Crippen LogP contribution is 2.05. The number of aldehydes is 1. The van der Waals surface area contributed by atoms with Crippen LogP contribution in [-0.4, -0.2) is 153 Å². The minimum Gasteiger partial charge on any atom is -0.480 e. The summed E-state index contributed by atoms with van der Waals surface area (Å²) in [6.07, 6.45) is -16.2. The van der Waals surface area contributed by atoms with Gasteiger partial charge in [-0.05, 0) is 12.1 Å². The van der Waals surface area contributed by atoms with E-state index in [-0.39, 0.29) is 18.7 Å². The highest BCUT2D eigenvalue weighted by Gasteiger charge is 2.34. The molecule has 1 amide bonds. The predicted octanol–water partition coefficient (Wildman–Crippen LogP) is -6.28. The van der Waals surface area contributed by atoms with Crippen molar-refractivity contribution in [2.24, 2.45) is 0 Å². The minimum atomic E-state index is -2.25. The largest absolute Gasteiger partial charge is 0.480 e. The lowest BCUT2D eigenvalue weighted by Crippen LogP contribution is -2.48. The first-order valence-corrected chi connectivity index (χ1v) is 10.5. The first-order chi connectivity index (χ1) is 18.0. The molecule has 222 valence electrons. The molecular formula is C21H31NO17. The summed E-state index contributed by atoms with van der Waals surface area (Å²) in [5.41, 5.74) is 0.462. The zero-order valence-electron chi connectivity index (χ0n) is 19.9. The SMILES string of the molecule is O=C(O)C(O)C(O)C(O)C(O)CO.O=C(O)CNC(=O)c1ccccc1.O=CC(O)C(O)C(O)C(O)C(=O)O. The maximum Gasteiger partial charge on any atom is 0.335 e. The van der Waals surface area contributed by atoms with Crippen molar-refractivity contribution in [2.45, 2.75) is 48.8 Å². The topological polar surface area (TPSA) is 340 Å². The number of amides is 1. The second-order valence-electron chi connectivity index (χ2n) is 7.35. The molecule has 13 N–H and O–H groups in total. The Bertz CT molecular complexity index is 898. The molecule has 18 nitrogen and oxygen atoms in total. The van der Waals surface area contributed by atoms with Crippen molar-refractivity contribution in [2.75, 3.05) is 13.2 Å². The maximum atomic E-state index is 11.2. The summed E-state index contributed by atoms with van der Waals surface area (Å²) in [5.74, 6) is -4.91. The molecule has 0 saturated carbocycles. The Morgan fingerprint density at radius 1 is 0.718 bits per heavy atom. The van der Waals surface area contributed by atoms with Gasteiger partial charge in [-0.3, -0.25) is 9.59 Å². The maximum absolute atomic E-state index is 11.2. The molecule has 8 atom stereocenters. The van der Waals surface area contributed by atoms with Crippen molar-refractivity contribution in [3.63, 3.8) is 0 Å². The van der Waals surface area contributed by atoms with E-state index in [9.17, 15) is 24.0 Å². The van der Waals surface area contributed by atoms with Crippen molar-refractivity contribution in [1.82, 2.24) is 5.32 Å². The molecule has 39 heavy (non-hydrogen) atoms. The number of aliphatic carboxylic acids is 3. The Morgan fingerprint density at radius 2 is 1.15 bits per heavy atom. The predicted molar refractivity (Wildman–Crippen MR) is 123 cm³/mol. The van der Waals surface area contributed by atoms with Gasteiger partial charge in [-0.15, -0.1) is 0 Å². The molecule has 0 spiro atoms. The Balaban J connectivity index is 0. The summed E-state index contributed by atoms with van der Waals surface area (Å²) in [7, 11) is 0. The van der Waals surface area contributed by atoms with E-state index >= 15 is 0 Å². The van der Waals surface area contributed by atoms with Crippen LogP contribution in [0.1, 0.15) is 10.4 Å². The second kappa shape index (κ2) is 19.5. The number of hydrogen-bond donors (Lipinski definition) is 13. The van der Waals surface area contributed by atoms with Gasteiger partial charge in [-0.25, -0.2) is 9.59 Å². The van der Waals surface area contributed by atoms with Crippen molar-refractivity contribution in [1.29, 1.82) is 0 Å². The number of carbonyl (C=O) groups excluding carboxylic acids is 2. The molecule has 1 aromatic carbocycles. The quantitative estimate of drug-likeness (QED) is 0.0982. The Kier molecular flexibility index (Phi) is 18.8. The number of nitrogens with one attached hydrogen (secondary N) is 1. The molecule has 0 bridgehead atoms. The summed E-state index contributed by atoms with van der Waals surface area (Å²) in [6.45, 7) is -1.20. The molecule has 0 aliphatic heterocycles. The fraction of sp³-hybridized carbons (Fsp3) is 0.476. The standard InChI is InChI=1S/C9H9NO3.C6H12O7.C6H10O7/c11-8(12)6-10-9(13)7-4-2-1-3-5-7;2*7-1-2(8)3(9)4(10)5(11)6(12)13/h1-5H,6H2,(H,10,13)(H,11,12);2-5,7-11H,1H2,(H,12,13);1-5,8-11H,(H,12,13). The fourth-order valence-corrected chi connectivity index (χ4v) is 2.13. The summed E-state index contributed by atoms with van der Waals surface area (Å²) in [6, 6.07) is 8.47. The van der Waals surface area contributed by atoms with Gasteiger partial charge >= 0.3 is 17.9 Å². The van der Waals surface area contributed by atoms with E-state index in [2.05, 4.69) is 5.32 Å². The Labute approximate surface area is 219 Å². The minimum absolute atomic E-state index is 0.0809. The first kappa shape index (κ1) is 37.6. The average Bonchev–Trinajstić information content (AvgIpc) is 2.93. The van der Waals surface area contributed by atoms with Crippen LogP contribution in [0.25, 0.3) is 0 Å². The smallest absolute Gasteiger partial charge is 0.335 e. The number of hydrogen-bond acceptors (Lipinski definition) is 14. The van der Waals surface area contributed by atoms with Gasteiger partial charge in [0.05, 0.1) is 6.61 Å². The molecule has 0 saturated heterocycles. The zero-order valence-corrected chi connectivity index (χ0v) is 19.9. The Hall–Kier alpha value is -3.59. The van der Waals surface area contributed by atoms with E-state index < -0.39 is 73.3 Å². The van der Waals surface area contributed by atoms with Crippen LogP contribution in [0.3, 0.4) is 0 Å². The molecule has 0 aliphatic carbocycles. The summed E-state index contributed by atoms with van der Waals surface area (Å²) in [5, 5.41) is 106. The summed E-state index contributed by atoms with van der Waals surface area (Å²) in [4.78, 5) is 51.3. The highest BCUT2D eigenvalue weighted by atomic mass is 16.4. The number of aliphatic hydroxyl groups excluding tert-OH is 9. The summed E-state index contributed by atoms with van der Waals surface area (Å²) >= 11 is 0. The van der Waals surface area contributed by atoms with E-state index in [0.717, 1.165) is 0 Å². The highest BCUT2D eigenvalue weighted by molar-refractivity contribution is 5.95. The van der Waals surface area contributed by atoms with E-state index in [1.54, 1.807) is 30.3 Å². The lowest BCUT2D eigenvalue weighted by molar-refractivity contribution is -0.164. The third-order valence-corrected chi connectivity index (χ3v) is 4.36. The molecule has 8 unspecified atom stereocenters. The van der Waals surface area contributed by atoms with Gasteiger partial charge in [0.2, 0.25) is 0 Å². The number of carboxylic acids is 3. The monoisotopic (exact) mass is 569 g/mol. The van der Waals surface area contributed by atoms with Crippen molar-refractivity contribution in [3.05, 3.63) is 35.9 Å². The number of carboxylic acid groups (broad SMARTS) is 3. The van der Waals surface area contributed by atoms with Crippen LogP contribution in [0.5, 0.6) is 0 Å². The van der Waals surface area contributed by atoms with Gasteiger partial charge in [0, 0.05) is 5.56 Å². The van der Waals surface area contributed by atoms with Crippen LogP contribution in [0, 0.1) is 0 Å². The normalized spacial score (nSPS) is 16.5. The molecule has 0 fully saturated rings. The fourth-order valence-electron chi connectivity index (χ4n) is 2.13. The van der Waals surface area contributed by atoms with Gasteiger partial charge in [0.1, 0.15) is 43.2 Å². The number of aliphatic hydroxyl groups is 9. The van der Waals surface area contributed by atoms with E-state index in [4.69, 9.17) is 61.3 Å². The third kappa shape index (κ3) is 14.8. The van der Waals surface area contributed by atoms with Gasteiger partial charge in [-0.2, -0.15) is 0 Å². The lowest BCUT2D eigenvalue weighted by Gasteiger charge is -2.23.